The molecule has 3 nitrogen and oxygen atoms in total. The number of sulfone groups is 1. The summed E-state index contributed by atoms with van der Waals surface area (Å²) in [6.45, 7) is 4.60. The largest absolute Gasteiger partial charge is 0.377 e. The van der Waals surface area contributed by atoms with Gasteiger partial charge in [0.2, 0.25) is 0 Å². The molecule has 1 fully saturated rings. The molecule has 1 aliphatic heterocycles. The molecule has 1 heterocycles. The summed E-state index contributed by atoms with van der Waals surface area (Å²) in [6.07, 6.45) is 1.69. The minimum atomic E-state index is -3.21. The Balaban J connectivity index is 2.21. The molecular formula is C13H18O3S. The second-order valence-corrected chi connectivity index (χ2v) is 6.70. The molecule has 4 heteroatoms. The molecule has 1 aliphatic rings. The van der Waals surface area contributed by atoms with Crippen molar-refractivity contribution in [2.75, 3.05) is 12.4 Å². The van der Waals surface area contributed by atoms with Crippen LogP contribution in [0.2, 0.25) is 0 Å². The summed E-state index contributed by atoms with van der Waals surface area (Å²) < 4.78 is 29.7. The minimum Gasteiger partial charge on any atom is -0.377 e. The van der Waals surface area contributed by atoms with Crippen LogP contribution in [0.1, 0.15) is 24.0 Å². The predicted octanol–water partition coefficient (Wildman–Crippen LogP) is 2.26. The van der Waals surface area contributed by atoms with Crippen molar-refractivity contribution in [1.82, 2.24) is 0 Å². The molecule has 17 heavy (non-hydrogen) atoms. The Morgan fingerprint density at radius 2 is 2.06 bits per heavy atom. The first-order chi connectivity index (χ1) is 7.99. The maximum atomic E-state index is 12.2. The molecule has 94 valence electrons. The zero-order valence-electron chi connectivity index (χ0n) is 10.3. The third kappa shape index (κ3) is 2.87. The number of benzene rings is 1. The van der Waals surface area contributed by atoms with Crippen molar-refractivity contribution in [3.8, 4) is 0 Å². The number of aryl methyl sites for hydroxylation is 2. The van der Waals surface area contributed by atoms with Gasteiger partial charge in [-0.3, -0.25) is 0 Å². The van der Waals surface area contributed by atoms with Crippen LogP contribution in [0.15, 0.2) is 23.1 Å². The lowest BCUT2D eigenvalue weighted by atomic mass is 10.1. The Labute approximate surface area is 103 Å². The second-order valence-electron chi connectivity index (χ2n) is 4.66. The Bertz CT molecular complexity index is 499. The van der Waals surface area contributed by atoms with E-state index < -0.39 is 9.84 Å². The molecule has 1 atom stereocenters. The molecule has 0 aromatic heterocycles. The lowest BCUT2D eigenvalue weighted by Crippen LogP contribution is -2.20. The van der Waals surface area contributed by atoms with Crippen LogP contribution < -0.4 is 0 Å². The summed E-state index contributed by atoms with van der Waals surface area (Å²) in [5, 5.41) is 0. The van der Waals surface area contributed by atoms with E-state index in [4.69, 9.17) is 4.74 Å². The van der Waals surface area contributed by atoms with E-state index in [-0.39, 0.29) is 11.9 Å². The van der Waals surface area contributed by atoms with Crippen LogP contribution in [0.5, 0.6) is 0 Å². The lowest BCUT2D eigenvalue weighted by Gasteiger charge is -2.11. The average Bonchev–Trinajstić information content (AvgIpc) is 2.73. The maximum absolute atomic E-state index is 12.2. The zero-order valence-corrected chi connectivity index (χ0v) is 11.1. The fourth-order valence-electron chi connectivity index (χ4n) is 2.02. The summed E-state index contributed by atoms with van der Waals surface area (Å²) >= 11 is 0. The minimum absolute atomic E-state index is 0.107. The van der Waals surface area contributed by atoms with Gasteiger partial charge in [-0.2, -0.15) is 0 Å². The summed E-state index contributed by atoms with van der Waals surface area (Å²) in [6, 6.07) is 5.30. The maximum Gasteiger partial charge on any atom is 0.180 e. The van der Waals surface area contributed by atoms with Gasteiger partial charge in [-0.05, 0) is 49.9 Å². The highest BCUT2D eigenvalue weighted by atomic mass is 32.2. The monoisotopic (exact) mass is 254 g/mol. The number of hydrogen-bond donors (Lipinski definition) is 0. The molecule has 0 N–H and O–H groups in total. The number of ether oxygens (including phenoxy) is 1. The van der Waals surface area contributed by atoms with Crippen molar-refractivity contribution in [2.24, 2.45) is 0 Å². The smallest absolute Gasteiger partial charge is 0.180 e. The van der Waals surface area contributed by atoms with Crippen LogP contribution in [0.4, 0.5) is 0 Å². The second kappa shape index (κ2) is 4.78. The zero-order chi connectivity index (χ0) is 12.5. The third-order valence-corrected chi connectivity index (χ3v) is 5.05. The van der Waals surface area contributed by atoms with Crippen molar-refractivity contribution < 1.29 is 13.2 Å². The fraction of sp³-hybridized carbons (Fsp3) is 0.538. The topological polar surface area (TPSA) is 43.4 Å². The molecule has 2 rings (SSSR count). The Morgan fingerprint density at radius 1 is 1.29 bits per heavy atom. The first-order valence-corrected chi connectivity index (χ1v) is 7.56. The van der Waals surface area contributed by atoms with E-state index in [2.05, 4.69) is 0 Å². The molecular weight excluding hydrogens is 236 g/mol. The summed E-state index contributed by atoms with van der Waals surface area (Å²) in [4.78, 5) is 0.413. The standard InChI is InChI=1S/C13H18O3S/c1-10-5-6-13(8-11(10)2)17(14,15)9-12-4-3-7-16-12/h5-6,8,12H,3-4,7,9H2,1-2H3/t12-/m0/s1. The van der Waals surface area contributed by atoms with Gasteiger partial charge in [0.25, 0.3) is 0 Å². The Kier molecular flexibility index (Phi) is 3.54. The van der Waals surface area contributed by atoms with E-state index >= 15 is 0 Å². The number of rotatable bonds is 3. The van der Waals surface area contributed by atoms with Gasteiger partial charge >= 0.3 is 0 Å². The van der Waals surface area contributed by atoms with Crippen molar-refractivity contribution in [3.05, 3.63) is 29.3 Å². The first-order valence-electron chi connectivity index (χ1n) is 5.91. The Morgan fingerprint density at radius 3 is 2.65 bits per heavy atom. The van der Waals surface area contributed by atoms with Gasteiger partial charge in [-0.25, -0.2) is 8.42 Å². The van der Waals surface area contributed by atoms with Crippen LogP contribution in [0.25, 0.3) is 0 Å². The van der Waals surface area contributed by atoms with Gasteiger partial charge in [-0.15, -0.1) is 0 Å². The summed E-state index contributed by atoms with van der Waals surface area (Å²) in [5.41, 5.74) is 2.12. The van der Waals surface area contributed by atoms with Crippen molar-refractivity contribution >= 4 is 9.84 Å². The van der Waals surface area contributed by atoms with E-state index in [1.807, 2.05) is 19.9 Å². The molecule has 1 saturated heterocycles. The highest BCUT2D eigenvalue weighted by molar-refractivity contribution is 7.91. The molecule has 0 aliphatic carbocycles. The predicted molar refractivity (Wildman–Crippen MR) is 66.9 cm³/mol. The van der Waals surface area contributed by atoms with Crippen molar-refractivity contribution in [1.29, 1.82) is 0 Å². The molecule has 0 amide bonds. The van der Waals surface area contributed by atoms with Gasteiger partial charge in [0.05, 0.1) is 16.8 Å². The first kappa shape index (κ1) is 12.6. The van der Waals surface area contributed by atoms with Gasteiger partial charge in [0.15, 0.2) is 9.84 Å². The molecule has 0 spiro atoms. The normalized spacial score (nSPS) is 20.7. The van der Waals surface area contributed by atoms with Crippen LogP contribution in [0, 0.1) is 13.8 Å². The van der Waals surface area contributed by atoms with Crippen LogP contribution in [-0.4, -0.2) is 26.9 Å². The number of hydrogen-bond acceptors (Lipinski definition) is 3. The van der Waals surface area contributed by atoms with Crippen LogP contribution in [-0.2, 0) is 14.6 Å². The van der Waals surface area contributed by atoms with Gasteiger partial charge in [-0.1, -0.05) is 6.07 Å². The van der Waals surface area contributed by atoms with Crippen LogP contribution in [0.3, 0.4) is 0 Å². The highest BCUT2D eigenvalue weighted by Gasteiger charge is 2.24. The molecule has 1 aromatic carbocycles. The summed E-state index contributed by atoms with van der Waals surface area (Å²) in [7, 11) is -3.21. The van der Waals surface area contributed by atoms with Gasteiger partial charge in [0.1, 0.15) is 0 Å². The van der Waals surface area contributed by atoms with Gasteiger partial charge in [0, 0.05) is 6.61 Å². The Hall–Kier alpha value is -0.870. The lowest BCUT2D eigenvalue weighted by molar-refractivity contribution is 0.127. The van der Waals surface area contributed by atoms with E-state index in [0.717, 1.165) is 24.0 Å². The molecule has 0 unspecified atom stereocenters. The molecule has 1 aromatic rings. The molecule has 0 saturated carbocycles. The third-order valence-electron chi connectivity index (χ3n) is 3.27. The van der Waals surface area contributed by atoms with Crippen LogP contribution >= 0.6 is 0 Å². The average molecular weight is 254 g/mol. The van der Waals surface area contributed by atoms with E-state index in [9.17, 15) is 8.42 Å². The van der Waals surface area contributed by atoms with E-state index in [0.29, 0.717) is 11.5 Å². The van der Waals surface area contributed by atoms with E-state index in [1.54, 1.807) is 12.1 Å². The molecule has 0 bridgehead atoms. The van der Waals surface area contributed by atoms with Crippen molar-refractivity contribution in [2.45, 2.75) is 37.7 Å². The summed E-state index contributed by atoms with van der Waals surface area (Å²) in [5.74, 6) is 0.107. The SMILES string of the molecule is Cc1ccc(S(=O)(=O)C[C@@H]2CCCO2)cc1C. The fourth-order valence-corrected chi connectivity index (χ4v) is 3.60. The van der Waals surface area contributed by atoms with E-state index in [1.165, 1.54) is 0 Å². The quantitative estimate of drug-likeness (QED) is 0.831. The van der Waals surface area contributed by atoms with Crippen molar-refractivity contribution in [3.63, 3.8) is 0 Å². The molecule has 0 radical (unpaired) electrons. The highest BCUT2D eigenvalue weighted by Crippen LogP contribution is 2.20. The van der Waals surface area contributed by atoms with Gasteiger partial charge < -0.3 is 4.74 Å².